The van der Waals surface area contributed by atoms with Crippen LogP contribution in [0.5, 0.6) is 0 Å². The summed E-state index contributed by atoms with van der Waals surface area (Å²) >= 11 is 0. The lowest BCUT2D eigenvalue weighted by molar-refractivity contribution is -0.133. The highest BCUT2D eigenvalue weighted by atomic mass is 16.3. The first kappa shape index (κ1) is 9.48. The molecule has 0 aromatic heterocycles. The summed E-state index contributed by atoms with van der Waals surface area (Å²) in [5.41, 5.74) is 4.62. The van der Waals surface area contributed by atoms with E-state index < -0.39 is 5.60 Å². The molecule has 70 valence electrons. The van der Waals surface area contributed by atoms with Gasteiger partial charge in [-0.2, -0.15) is 0 Å². The van der Waals surface area contributed by atoms with Gasteiger partial charge in [0.25, 0.3) is 0 Å². The summed E-state index contributed by atoms with van der Waals surface area (Å²) in [5.74, 6) is -0.0227. The lowest BCUT2D eigenvalue weighted by Gasteiger charge is -2.35. The summed E-state index contributed by atoms with van der Waals surface area (Å²) in [6.07, 6.45) is 1.30. The van der Waals surface area contributed by atoms with Crippen molar-refractivity contribution >= 4 is 5.91 Å². The molecule has 0 spiro atoms. The Morgan fingerprint density at radius 2 is 2.08 bits per heavy atom. The summed E-state index contributed by atoms with van der Waals surface area (Å²) in [6, 6.07) is 0. The minimum Gasteiger partial charge on any atom is -0.390 e. The smallest absolute Gasteiger partial charge is 0.236 e. The summed E-state index contributed by atoms with van der Waals surface area (Å²) in [5, 5.41) is 9.58. The second-order valence-corrected chi connectivity index (χ2v) is 3.58. The second-order valence-electron chi connectivity index (χ2n) is 3.58. The predicted octanol–water partition coefficient (Wildman–Crippen LogP) is -0.681. The molecule has 0 saturated carbocycles. The number of aliphatic hydroxyl groups is 1. The van der Waals surface area contributed by atoms with Crippen LogP contribution in [0.1, 0.15) is 19.8 Å². The number of amides is 1. The van der Waals surface area contributed by atoms with Gasteiger partial charge in [-0.25, -0.2) is 0 Å². The van der Waals surface area contributed by atoms with E-state index in [0.29, 0.717) is 25.9 Å². The molecule has 4 nitrogen and oxygen atoms in total. The molecule has 1 amide bonds. The second kappa shape index (κ2) is 3.41. The van der Waals surface area contributed by atoms with Gasteiger partial charge in [-0.15, -0.1) is 0 Å². The topological polar surface area (TPSA) is 66.6 Å². The van der Waals surface area contributed by atoms with E-state index in [1.54, 1.807) is 11.8 Å². The number of nitrogens with two attached hydrogens (primary N) is 1. The normalized spacial score (nSPS) is 22.4. The molecule has 1 aliphatic rings. The molecule has 1 heterocycles. The van der Waals surface area contributed by atoms with Crippen LogP contribution in [0.15, 0.2) is 0 Å². The van der Waals surface area contributed by atoms with Crippen LogP contribution in [-0.4, -0.2) is 41.1 Å². The fraction of sp³-hybridized carbons (Fsp3) is 0.875. The van der Waals surface area contributed by atoms with Crippen LogP contribution in [0.3, 0.4) is 0 Å². The number of carbonyl (C=O) groups excluding carboxylic acids is 1. The third-order valence-electron chi connectivity index (χ3n) is 2.37. The first-order valence-electron chi connectivity index (χ1n) is 4.25. The van der Waals surface area contributed by atoms with Crippen LogP contribution in [0.25, 0.3) is 0 Å². The van der Waals surface area contributed by atoms with Crippen LogP contribution in [0.2, 0.25) is 0 Å². The van der Waals surface area contributed by atoms with Crippen LogP contribution >= 0.6 is 0 Å². The lowest BCUT2D eigenvalue weighted by Crippen LogP contribution is -2.46. The molecule has 1 rings (SSSR count). The van der Waals surface area contributed by atoms with E-state index in [4.69, 9.17) is 5.73 Å². The average molecular weight is 172 g/mol. The lowest BCUT2D eigenvalue weighted by atomic mass is 9.94. The Morgan fingerprint density at radius 1 is 1.58 bits per heavy atom. The van der Waals surface area contributed by atoms with Crippen molar-refractivity contribution in [1.82, 2.24) is 4.90 Å². The first-order valence-corrected chi connectivity index (χ1v) is 4.25. The highest BCUT2D eigenvalue weighted by Crippen LogP contribution is 2.20. The highest BCUT2D eigenvalue weighted by Gasteiger charge is 2.28. The Hall–Kier alpha value is -0.610. The Balaban J connectivity index is 2.41. The fourth-order valence-electron chi connectivity index (χ4n) is 1.37. The molecule has 0 unspecified atom stereocenters. The monoisotopic (exact) mass is 172 g/mol. The average Bonchev–Trinajstić information content (AvgIpc) is 2.03. The maximum Gasteiger partial charge on any atom is 0.236 e. The van der Waals surface area contributed by atoms with Crippen LogP contribution in [0.4, 0.5) is 0 Å². The molecular formula is C8H16N2O2. The molecule has 0 aliphatic carbocycles. The molecule has 0 aromatic rings. The van der Waals surface area contributed by atoms with Crippen molar-refractivity contribution in [2.75, 3.05) is 19.6 Å². The SMILES string of the molecule is CC1(O)CCN(C(=O)CN)CC1. The van der Waals surface area contributed by atoms with Crippen molar-refractivity contribution in [3.63, 3.8) is 0 Å². The standard InChI is InChI=1S/C8H16N2O2/c1-8(12)2-4-10(5-3-8)7(11)6-9/h12H,2-6,9H2,1H3. The number of piperidine rings is 1. The molecule has 0 bridgehead atoms. The first-order chi connectivity index (χ1) is 5.55. The number of carbonyl (C=O) groups is 1. The van der Waals surface area contributed by atoms with Crippen LogP contribution in [-0.2, 0) is 4.79 Å². The van der Waals surface area contributed by atoms with Crippen LogP contribution in [0, 0.1) is 0 Å². The Labute approximate surface area is 72.3 Å². The summed E-state index contributed by atoms with van der Waals surface area (Å²) < 4.78 is 0. The molecule has 3 N–H and O–H groups in total. The van der Waals surface area contributed by atoms with Gasteiger partial charge in [-0.1, -0.05) is 0 Å². The van der Waals surface area contributed by atoms with Crippen molar-refractivity contribution in [3.05, 3.63) is 0 Å². The van der Waals surface area contributed by atoms with Gasteiger partial charge >= 0.3 is 0 Å². The van der Waals surface area contributed by atoms with Gasteiger partial charge in [-0.3, -0.25) is 4.79 Å². The Kier molecular flexibility index (Phi) is 2.69. The number of likely N-dealkylation sites (tertiary alicyclic amines) is 1. The van der Waals surface area contributed by atoms with Crippen molar-refractivity contribution in [1.29, 1.82) is 0 Å². The quantitative estimate of drug-likeness (QED) is 0.550. The summed E-state index contributed by atoms with van der Waals surface area (Å²) in [7, 11) is 0. The minimum atomic E-state index is -0.592. The molecule has 0 atom stereocenters. The van der Waals surface area contributed by atoms with Gasteiger partial charge in [-0.05, 0) is 19.8 Å². The van der Waals surface area contributed by atoms with E-state index in [-0.39, 0.29) is 12.5 Å². The number of hydrogen-bond donors (Lipinski definition) is 2. The van der Waals surface area contributed by atoms with Gasteiger partial charge in [0.05, 0.1) is 12.1 Å². The molecule has 1 saturated heterocycles. The summed E-state index contributed by atoms with van der Waals surface area (Å²) in [4.78, 5) is 12.8. The number of nitrogens with zero attached hydrogens (tertiary/aromatic N) is 1. The highest BCUT2D eigenvalue weighted by molar-refractivity contribution is 5.78. The zero-order chi connectivity index (χ0) is 9.19. The largest absolute Gasteiger partial charge is 0.390 e. The molecule has 1 aliphatic heterocycles. The molecule has 1 fully saturated rings. The van der Waals surface area contributed by atoms with E-state index in [1.165, 1.54) is 0 Å². The van der Waals surface area contributed by atoms with Gasteiger partial charge in [0.15, 0.2) is 0 Å². The molecular weight excluding hydrogens is 156 g/mol. The van der Waals surface area contributed by atoms with Gasteiger partial charge in [0, 0.05) is 13.1 Å². The summed E-state index contributed by atoms with van der Waals surface area (Å²) in [6.45, 7) is 3.13. The molecule has 0 radical (unpaired) electrons. The third kappa shape index (κ3) is 2.19. The zero-order valence-electron chi connectivity index (χ0n) is 7.42. The van der Waals surface area contributed by atoms with E-state index in [1.807, 2.05) is 0 Å². The van der Waals surface area contributed by atoms with E-state index >= 15 is 0 Å². The van der Waals surface area contributed by atoms with Crippen molar-refractivity contribution in [2.45, 2.75) is 25.4 Å². The van der Waals surface area contributed by atoms with Crippen molar-refractivity contribution < 1.29 is 9.90 Å². The van der Waals surface area contributed by atoms with E-state index in [0.717, 1.165) is 0 Å². The fourth-order valence-corrected chi connectivity index (χ4v) is 1.37. The molecule has 4 heteroatoms. The van der Waals surface area contributed by atoms with E-state index in [9.17, 15) is 9.90 Å². The van der Waals surface area contributed by atoms with Crippen LogP contribution < -0.4 is 5.73 Å². The third-order valence-corrected chi connectivity index (χ3v) is 2.37. The molecule has 0 aromatic carbocycles. The number of hydrogen-bond acceptors (Lipinski definition) is 3. The van der Waals surface area contributed by atoms with Gasteiger partial charge in [0.1, 0.15) is 0 Å². The Morgan fingerprint density at radius 3 is 2.50 bits per heavy atom. The maximum absolute atomic E-state index is 11.1. The maximum atomic E-state index is 11.1. The Bertz CT molecular complexity index is 170. The van der Waals surface area contributed by atoms with Gasteiger partial charge in [0.2, 0.25) is 5.91 Å². The van der Waals surface area contributed by atoms with Gasteiger partial charge < -0.3 is 15.7 Å². The zero-order valence-corrected chi connectivity index (χ0v) is 7.42. The minimum absolute atomic E-state index is 0.0227. The van der Waals surface area contributed by atoms with Crippen molar-refractivity contribution in [2.24, 2.45) is 5.73 Å². The molecule has 12 heavy (non-hydrogen) atoms. The number of rotatable bonds is 1. The van der Waals surface area contributed by atoms with Crippen molar-refractivity contribution in [3.8, 4) is 0 Å². The predicted molar refractivity (Wildman–Crippen MR) is 45.5 cm³/mol. The van der Waals surface area contributed by atoms with E-state index in [2.05, 4.69) is 0 Å².